The summed E-state index contributed by atoms with van der Waals surface area (Å²) < 4.78 is 10.8. The largest absolute Gasteiger partial charge is 0.478 e. The van der Waals surface area contributed by atoms with Crippen molar-refractivity contribution in [2.45, 2.75) is 19.4 Å². The van der Waals surface area contributed by atoms with Gasteiger partial charge in [0.1, 0.15) is 0 Å². The molecular weight excluding hydrogens is 548 g/mol. The molecule has 0 spiro atoms. The summed E-state index contributed by atoms with van der Waals surface area (Å²) in [5.41, 5.74) is 2.54. The van der Waals surface area contributed by atoms with Crippen molar-refractivity contribution in [3.8, 4) is 22.8 Å². The molecule has 0 unspecified atom stereocenters. The van der Waals surface area contributed by atoms with E-state index in [4.69, 9.17) is 9.47 Å². The lowest BCUT2D eigenvalue weighted by Gasteiger charge is -2.32. The number of pyridine rings is 1. The predicted octanol–water partition coefficient (Wildman–Crippen LogP) is 3.30. The monoisotopic (exact) mass is 574 g/mol. The van der Waals surface area contributed by atoms with E-state index in [0.29, 0.717) is 51.8 Å². The number of carbonyl (C=O) groups is 3. The van der Waals surface area contributed by atoms with Crippen LogP contribution in [0.4, 0.5) is 10.7 Å². The summed E-state index contributed by atoms with van der Waals surface area (Å²) >= 11 is 0.860. The molecule has 41 heavy (non-hydrogen) atoms. The highest BCUT2D eigenvalue weighted by Crippen LogP contribution is 2.36. The molecule has 0 bridgehead atoms. The fraction of sp³-hybridized carbons (Fsp3) is 0.286. The maximum atomic E-state index is 12.0. The Kier molecular flexibility index (Phi) is 7.53. The van der Waals surface area contributed by atoms with Crippen molar-refractivity contribution >= 4 is 40.9 Å². The highest BCUT2D eigenvalue weighted by Gasteiger charge is 2.26. The van der Waals surface area contributed by atoms with Crippen LogP contribution in [0.1, 0.15) is 34.5 Å². The molecule has 6 rings (SSSR count). The number of aromatic carboxylic acids is 1. The van der Waals surface area contributed by atoms with Crippen molar-refractivity contribution in [3.05, 3.63) is 64.5 Å². The van der Waals surface area contributed by atoms with Crippen molar-refractivity contribution in [2.24, 2.45) is 5.92 Å². The normalized spacial score (nSPS) is 17.8. The molecule has 3 aliphatic heterocycles. The van der Waals surface area contributed by atoms with Crippen LogP contribution in [-0.4, -0.2) is 63.6 Å². The van der Waals surface area contributed by atoms with Crippen molar-refractivity contribution < 1.29 is 29.0 Å². The number of aromatic nitrogens is 3. The number of fused-ring (bicyclic) bond motifs is 1. The molecule has 2 aromatic heterocycles. The maximum Gasteiger partial charge on any atom is 0.337 e. The van der Waals surface area contributed by atoms with Gasteiger partial charge in [-0.3, -0.25) is 19.9 Å². The number of ether oxygens (including phenoxy) is 2. The summed E-state index contributed by atoms with van der Waals surface area (Å²) in [5, 5.41) is 15.1. The summed E-state index contributed by atoms with van der Waals surface area (Å²) in [5.74, 6) is 0.786. The number of rotatable bonds is 8. The fourth-order valence-corrected chi connectivity index (χ4v) is 5.62. The lowest BCUT2D eigenvalue weighted by atomic mass is 9.97. The highest BCUT2D eigenvalue weighted by molar-refractivity contribution is 8.18. The molecule has 1 aromatic carbocycles. The lowest BCUT2D eigenvalue weighted by Crippen LogP contribution is -2.38. The number of hydrogen-bond acceptors (Lipinski definition) is 11. The summed E-state index contributed by atoms with van der Waals surface area (Å²) in [6, 6.07) is 8.64. The zero-order valence-corrected chi connectivity index (χ0v) is 22.6. The van der Waals surface area contributed by atoms with Crippen molar-refractivity contribution in [3.63, 3.8) is 0 Å². The number of thioether (sulfide) groups is 1. The second-order valence-electron chi connectivity index (χ2n) is 9.81. The topological polar surface area (TPSA) is 156 Å². The van der Waals surface area contributed by atoms with Crippen LogP contribution in [0.3, 0.4) is 0 Å². The van der Waals surface area contributed by atoms with Gasteiger partial charge in [0.05, 0.1) is 21.9 Å². The maximum absolute atomic E-state index is 12.0. The number of piperidine rings is 1. The molecule has 210 valence electrons. The van der Waals surface area contributed by atoms with Gasteiger partial charge in [0.2, 0.25) is 12.7 Å². The number of carbonyl (C=O) groups excluding carboxylic acids is 2. The molecule has 0 aliphatic carbocycles. The minimum atomic E-state index is -1.04. The molecule has 3 aliphatic rings. The molecule has 0 radical (unpaired) electrons. The van der Waals surface area contributed by atoms with Crippen LogP contribution in [-0.2, 0) is 11.3 Å². The first-order valence-corrected chi connectivity index (χ1v) is 13.9. The molecule has 0 atom stereocenters. The van der Waals surface area contributed by atoms with E-state index in [1.54, 1.807) is 48.8 Å². The third-order valence-electron chi connectivity index (χ3n) is 7.07. The molecule has 12 nitrogen and oxygen atoms in total. The van der Waals surface area contributed by atoms with Gasteiger partial charge in [-0.05, 0) is 79.0 Å². The second-order valence-corrected chi connectivity index (χ2v) is 10.8. The van der Waals surface area contributed by atoms with Crippen molar-refractivity contribution in [2.75, 3.05) is 31.3 Å². The SMILES string of the molecule is O=C1NC(=O)C(=Cc2ccnc(N3CCC(CNCc4cnc(-c5ccc6c(c5)OCO6)c(C(=O)O)c4)CC3)n2)S1. The standard InChI is InChI=1S/C28H26N6O6S/c35-25-23(41-28(38)33-25)11-19-3-6-30-27(32-19)34-7-4-16(5-8-34)12-29-13-17-9-20(26(36)37)24(31-14-17)18-1-2-21-22(10-18)40-15-39-21/h1-3,6,9-11,14,16,29H,4-5,7-8,12-13,15H2,(H,36,37)(H,33,35,38). The number of amides is 2. The average Bonchev–Trinajstić information content (AvgIpc) is 3.58. The fourth-order valence-electron chi connectivity index (χ4n) is 4.95. The number of imide groups is 1. The first kappa shape index (κ1) is 26.7. The van der Waals surface area contributed by atoms with Gasteiger partial charge in [0.25, 0.3) is 11.1 Å². The number of nitrogens with zero attached hydrogens (tertiary/aromatic N) is 4. The Morgan fingerprint density at radius 3 is 2.76 bits per heavy atom. The van der Waals surface area contributed by atoms with E-state index in [2.05, 4.69) is 30.5 Å². The molecule has 13 heteroatoms. The van der Waals surface area contributed by atoms with E-state index < -0.39 is 11.9 Å². The predicted molar refractivity (Wildman–Crippen MR) is 151 cm³/mol. The van der Waals surface area contributed by atoms with E-state index >= 15 is 0 Å². The minimum Gasteiger partial charge on any atom is -0.478 e. The second kappa shape index (κ2) is 11.6. The number of carboxylic acid groups (broad SMARTS) is 1. The molecule has 2 saturated heterocycles. The summed E-state index contributed by atoms with van der Waals surface area (Å²) in [6.45, 7) is 3.01. The third-order valence-corrected chi connectivity index (χ3v) is 7.88. The molecule has 2 amide bonds. The van der Waals surface area contributed by atoms with Gasteiger partial charge in [-0.1, -0.05) is 0 Å². The first-order chi connectivity index (χ1) is 19.9. The van der Waals surface area contributed by atoms with Crippen LogP contribution in [0.15, 0.2) is 47.6 Å². The first-order valence-electron chi connectivity index (χ1n) is 13.1. The summed E-state index contributed by atoms with van der Waals surface area (Å²) in [4.78, 5) is 51.1. The number of carboxylic acids is 1. The van der Waals surface area contributed by atoms with Gasteiger partial charge in [-0.15, -0.1) is 0 Å². The van der Waals surface area contributed by atoms with Gasteiger partial charge in [-0.25, -0.2) is 14.8 Å². The van der Waals surface area contributed by atoms with Crippen LogP contribution in [0, 0.1) is 5.92 Å². The Balaban J connectivity index is 1.02. The number of nitrogens with one attached hydrogen (secondary N) is 2. The van der Waals surface area contributed by atoms with E-state index in [9.17, 15) is 19.5 Å². The van der Waals surface area contributed by atoms with Crippen LogP contribution in [0.2, 0.25) is 0 Å². The molecule has 0 saturated carbocycles. The van der Waals surface area contributed by atoms with E-state index in [-0.39, 0.29) is 17.6 Å². The van der Waals surface area contributed by atoms with Crippen molar-refractivity contribution in [1.82, 2.24) is 25.6 Å². The van der Waals surface area contributed by atoms with Gasteiger partial charge in [-0.2, -0.15) is 0 Å². The summed E-state index contributed by atoms with van der Waals surface area (Å²) in [6.07, 6.45) is 6.83. The lowest BCUT2D eigenvalue weighted by molar-refractivity contribution is -0.115. The Morgan fingerprint density at radius 1 is 1.15 bits per heavy atom. The van der Waals surface area contributed by atoms with Gasteiger partial charge in [0, 0.05) is 37.6 Å². The van der Waals surface area contributed by atoms with Gasteiger partial charge in [0.15, 0.2) is 11.5 Å². The smallest absolute Gasteiger partial charge is 0.337 e. The zero-order chi connectivity index (χ0) is 28.3. The zero-order valence-electron chi connectivity index (χ0n) is 21.8. The van der Waals surface area contributed by atoms with Crippen LogP contribution >= 0.6 is 11.8 Å². The highest BCUT2D eigenvalue weighted by atomic mass is 32.2. The number of hydrogen-bond donors (Lipinski definition) is 3. The Hall–Kier alpha value is -4.49. The molecule has 5 heterocycles. The molecular formula is C28H26N6O6S. The van der Waals surface area contributed by atoms with Crippen molar-refractivity contribution in [1.29, 1.82) is 0 Å². The summed E-state index contributed by atoms with van der Waals surface area (Å²) in [7, 11) is 0. The average molecular weight is 575 g/mol. The molecule has 3 aromatic rings. The minimum absolute atomic E-state index is 0.133. The Labute approximate surface area is 239 Å². The van der Waals surface area contributed by atoms with E-state index in [1.807, 2.05) is 0 Å². The quantitative estimate of drug-likeness (QED) is 0.338. The Bertz CT molecular complexity index is 1550. The van der Waals surface area contributed by atoms with Crippen LogP contribution in [0.25, 0.3) is 17.3 Å². The molecule has 3 N–H and O–H groups in total. The third kappa shape index (κ3) is 6.00. The van der Waals surface area contributed by atoms with E-state index in [0.717, 1.165) is 49.8 Å². The van der Waals surface area contributed by atoms with Gasteiger partial charge < -0.3 is 24.8 Å². The Morgan fingerprint density at radius 2 is 1.98 bits per heavy atom. The van der Waals surface area contributed by atoms with Crippen LogP contribution in [0.5, 0.6) is 11.5 Å². The number of anilines is 1. The number of benzene rings is 1. The van der Waals surface area contributed by atoms with Gasteiger partial charge >= 0.3 is 5.97 Å². The van der Waals surface area contributed by atoms with E-state index in [1.165, 1.54) is 0 Å². The van der Waals surface area contributed by atoms with Crippen LogP contribution < -0.4 is 25.0 Å². The molecule has 2 fully saturated rings.